The lowest BCUT2D eigenvalue weighted by atomic mass is 9.87. The summed E-state index contributed by atoms with van der Waals surface area (Å²) in [7, 11) is 0. The fourth-order valence-electron chi connectivity index (χ4n) is 3.45. The minimum atomic E-state index is -0.248. The van der Waals surface area contributed by atoms with Gasteiger partial charge in [0.05, 0.1) is 12.5 Å². The summed E-state index contributed by atoms with van der Waals surface area (Å²) in [6.45, 7) is 6.08. The molecule has 1 heterocycles. The maximum absolute atomic E-state index is 12.1. The van der Waals surface area contributed by atoms with Gasteiger partial charge in [-0.3, -0.25) is 14.5 Å². The molecule has 5 heteroatoms. The molecular weight excluding hydrogens is 254 g/mol. The molecule has 5 nitrogen and oxygen atoms in total. The summed E-state index contributed by atoms with van der Waals surface area (Å²) in [5.74, 6) is 0.761. The van der Waals surface area contributed by atoms with E-state index in [1.165, 1.54) is 12.8 Å². The van der Waals surface area contributed by atoms with E-state index in [1.807, 2.05) is 11.8 Å². The lowest BCUT2D eigenvalue weighted by molar-refractivity contribution is -0.124. The van der Waals surface area contributed by atoms with E-state index in [0.717, 1.165) is 25.3 Å². The van der Waals surface area contributed by atoms with Crippen molar-refractivity contribution in [2.45, 2.75) is 45.6 Å². The molecule has 2 amide bonds. The third-order valence-electron chi connectivity index (χ3n) is 4.80. The second kappa shape index (κ2) is 6.57. The van der Waals surface area contributed by atoms with Crippen LogP contribution in [0.4, 0.5) is 0 Å². The minimum absolute atomic E-state index is 0.0851. The summed E-state index contributed by atoms with van der Waals surface area (Å²) in [6, 6.07) is 0.339. The van der Waals surface area contributed by atoms with Crippen molar-refractivity contribution >= 4 is 11.8 Å². The summed E-state index contributed by atoms with van der Waals surface area (Å²) in [5, 5.41) is 3.13. The topological polar surface area (TPSA) is 75.4 Å². The number of carbonyl (C=O) groups is 2. The number of carbonyl (C=O) groups excluding carboxylic acids is 2. The van der Waals surface area contributed by atoms with Crippen molar-refractivity contribution in [1.82, 2.24) is 10.2 Å². The van der Waals surface area contributed by atoms with Crippen LogP contribution in [0.5, 0.6) is 0 Å². The number of likely N-dealkylation sites (tertiary alicyclic amines) is 1. The van der Waals surface area contributed by atoms with Crippen molar-refractivity contribution in [3.63, 3.8) is 0 Å². The van der Waals surface area contributed by atoms with Gasteiger partial charge in [0.1, 0.15) is 0 Å². The second-order valence-corrected chi connectivity index (χ2v) is 6.70. The number of primary amides is 1. The Bertz CT molecular complexity index is 364. The van der Waals surface area contributed by atoms with Gasteiger partial charge in [0.2, 0.25) is 11.8 Å². The average Bonchev–Trinajstić information content (AvgIpc) is 2.73. The van der Waals surface area contributed by atoms with Crippen LogP contribution in [-0.2, 0) is 9.59 Å². The monoisotopic (exact) mass is 281 g/mol. The standard InChI is InChI=1S/C15H27N3O2/c1-10-3-5-12(6-4-10)17-14(19)9-18-7-11(2)13(8-18)15(16)20/h10-13H,3-9H2,1-2H3,(H2,16,20)(H,17,19)/t10?,11-,12?,13-/m1/s1. The largest absolute Gasteiger partial charge is 0.369 e. The van der Waals surface area contributed by atoms with E-state index in [4.69, 9.17) is 5.73 Å². The highest BCUT2D eigenvalue weighted by molar-refractivity contribution is 5.79. The van der Waals surface area contributed by atoms with E-state index in [1.54, 1.807) is 0 Å². The second-order valence-electron chi connectivity index (χ2n) is 6.70. The maximum atomic E-state index is 12.1. The van der Waals surface area contributed by atoms with Gasteiger partial charge in [-0.05, 0) is 37.5 Å². The molecule has 114 valence electrons. The van der Waals surface area contributed by atoms with Crippen molar-refractivity contribution in [3.05, 3.63) is 0 Å². The third kappa shape index (κ3) is 3.95. The number of nitrogens with zero attached hydrogens (tertiary/aromatic N) is 1. The molecule has 0 aromatic heterocycles. The Hall–Kier alpha value is -1.10. The predicted molar refractivity (Wildman–Crippen MR) is 77.9 cm³/mol. The van der Waals surface area contributed by atoms with Crippen molar-refractivity contribution in [2.75, 3.05) is 19.6 Å². The van der Waals surface area contributed by atoms with Crippen molar-refractivity contribution in [1.29, 1.82) is 0 Å². The molecule has 0 unspecified atom stereocenters. The highest BCUT2D eigenvalue weighted by Crippen LogP contribution is 2.24. The van der Waals surface area contributed by atoms with E-state index in [0.29, 0.717) is 19.1 Å². The Morgan fingerprint density at radius 2 is 1.80 bits per heavy atom. The third-order valence-corrected chi connectivity index (χ3v) is 4.80. The number of nitrogens with one attached hydrogen (secondary N) is 1. The first-order chi connectivity index (χ1) is 9.45. The first-order valence-electron chi connectivity index (χ1n) is 7.76. The molecule has 2 aliphatic rings. The Kier molecular flexibility index (Phi) is 5.02. The Morgan fingerprint density at radius 3 is 2.35 bits per heavy atom. The Labute approximate surface area is 121 Å². The Morgan fingerprint density at radius 1 is 1.15 bits per heavy atom. The molecule has 1 aliphatic carbocycles. The van der Waals surface area contributed by atoms with E-state index in [2.05, 4.69) is 12.2 Å². The summed E-state index contributed by atoms with van der Waals surface area (Å²) >= 11 is 0. The smallest absolute Gasteiger partial charge is 0.234 e. The van der Waals surface area contributed by atoms with Crippen LogP contribution in [0.3, 0.4) is 0 Å². The zero-order valence-corrected chi connectivity index (χ0v) is 12.6. The summed E-state index contributed by atoms with van der Waals surface area (Å²) in [5.41, 5.74) is 5.38. The minimum Gasteiger partial charge on any atom is -0.369 e. The van der Waals surface area contributed by atoms with Crippen molar-refractivity contribution in [3.8, 4) is 0 Å². The molecule has 0 radical (unpaired) electrons. The summed E-state index contributed by atoms with van der Waals surface area (Å²) in [6.07, 6.45) is 4.59. The number of nitrogens with two attached hydrogens (primary N) is 1. The quantitative estimate of drug-likeness (QED) is 0.798. The van der Waals surface area contributed by atoms with Gasteiger partial charge < -0.3 is 11.1 Å². The van der Waals surface area contributed by atoms with Gasteiger partial charge in [0.25, 0.3) is 0 Å². The first kappa shape index (κ1) is 15.3. The van der Waals surface area contributed by atoms with Crippen molar-refractivity contribution < 1.29 is 9.59 Å². The van der Waals surface area contributed by atoms with Crippen LogP contribution in [0.1, 0.15) is 39.5 Å². The van der Waals surface area contributed by atoms with Gasteiger partial charge in [0, 0.05) is 19.1 Å². The molecule has 2 fully saturated rings. The molecule has 2 rings (SSSR count). The molecule has 1 saturated heterocycles. The van der Waals surface area contributed by atoms with Crippen LogP contribution in [0, 0.1) is 17.8 Å². The lowest BCUT2D eigenvalue weighted by Gasteiger charge is -2.27. The molecular formula is C15H27N3O2. The number of amides is 2. The summed E-state index contributed by atoms with van der Waals surface area (Å²) < 4.78 is 0. The first-order valence-corrected chi connectivity index (χ1v) is 7.76. The molecule has 2 atom stereocenters. The van der Waals surface area contributed by atoms with Gasteiger partial charge in [-0.1, -0.05) is 13.8 Å². The maximum Gasteiger partial charge on any atom is 0.234 e. The number of hydrogen-bond acceptors (Lipinski definition) is 3. The lowest BCUT2D eigenvalue weighted by Crippen LogP contribution is -2.43. The van der Waals surface area contributed by atoms with Gasteiger partial charge in [-0.15, -0.1) is 0 Å². The summed E-state index contributed by atoms with van der Waals surface area (Å²) in [4.78, 5) is 25.4. The normalized spacial score (nSPS) is 34.9. The van der Waals surface area contributed by atoms with Crippen LogP contribution in [0.2, 0.25) is 0 Å². The molecule has 0 aromatic rings. The van der Waals surface area contributed by atoms with E-state index < -0.39 is 0 Å². The van der Waals surface area contributed by atoms with Crippen LogP contribution < -0.4 is 11.1 Å². The van der Waals surface area contributed by atoms with Gasteiger partial charge in [-0.2, -0.15) is 0 Å². The van der Waals surface area contributed by atoms with Crippen LogP contribution in [0.15, 0.2) is 0 Å². The zero-order valence-electron chi connectivity index (χ0n) is 12.6. The van der Waals surface area contributed by atoms with Crippen LogP contribution in [-0.4, -0.2) is 42.4 Å². The van der Waals surface area contributed by atoms with E-state index in [9.17, 15) is 9.59 Å². The van der Waals surface area contributed by atoms with Gasteiger partial charge in [-0.25, -0.2) is 0 Å². The van der Waals surface area contributed by atoms with Crippen LogP contribution >= 0.6 is 0 Å². The average molecular weight is 281 g/mol. The number of hydrogen-bond donors (Lipinski definition) is 2. The molecule has 20 heavy (non-hydrogen) atoms. The highest BCUT2D eigenvalue weighted by atomic mass is 16.2. The Balaban J connectivity index is 1.74. The van der Waals surface area contributed by atoms with E-state index in [-0.39, 0.29) is 23.7 Å². The molecule has 0 aromatic carbocycles. The van der Waals surface area contributed by atoms with Gasteiger partial charge >= 0.3 is 0 Å². The zero-order chi connectivity index (χ0) is 14.7. The van der Waals surface area contributed by atoms with Crippen LogP contribution in [0.25, 0.3) is 0 Å². The number of rotatable bonds is 4. The molecule has 0 bridgehead atoms. The molecule has 0 spiro atoms. The SMILES string of the molecule is CC1CCC(NC(=O)CN2C[C@@H](C)[C@H](C(N)=O)C2)CC1. The molecule has 3 N–H and O–H groups in total. The van der Waals surface area contributed by atoms with E-state index >= 15 is 0 Å². The van der Waals surface area contributed by atoms with Crippen molar-refractivity contribution in [2.24, 2.45) is 23.5 Å². The molecule has 1 saturated carbocycles. The fraction of sp³-hybridized carbons (Fsp3) is 0.867. The highest BCUT2D eigenvalue weighted by Gasteiger charge is 2.34. The van der Waals surface area contributed by atoms with Gasteiger partial charge in [0.15, 0.2) is 0 Å². The predicted octanol–water partition coefficient (Wildman–Crippen LogP) is 0.735. The fourth-order valence-corrected chi connectivity index (χ4v) is 3.45. The molecule has 1 aliphatic heterocycles.